The molecule has 0 spiro atoms. The molecule has 0 fully saturated rings. The predicted molar refractivity (Wildman–Crippen MR) is 41.8 cm³/mol. The van der Waals surface area contributed by atoms with Crippen LogP contribution in [0.2, 0.25) is 0 Å². The molecule has 0 saturated carbocycles. The molecule has 0 unspecified atom stereocenters. The summed E-state index contributed by atoms with van der Waals surface area (Å²) < 4.78 is 0. The van der Waals surface area contributed by atoms with E-state index in [2.05, 4.69) is 5.73 Å². The number of carbonyl (C=O) groups is 1. The maximum absolute atomic E-state index is 9.90. The van der Waals surface area contributed by atoms with E-state index >= 15 is 0 Å². The van der Waals surface area contributed by atoms with Gasteiger partial charge in [-0.25, -0.2) is 0 Å². The van der Waals surface area contributed by atoms with E-state index in [0.29, 0.717) is 12.3 Å². The molecule has 0 bridgehead atoms. The molecule has 3 nitrogen and oxygen atoms in total. The van der Waals surface area contributed by atoms with E-state index in [1.165, 1.54) is 7.05 Å². The first kappa shape index (κ1) is 12.1. The standard InChI is InChI=1S/C6H12O2.CH5N/c1-5(2)3-4-6(7)8;1-2/h5H,3-4H2,1-2H3,(H,7,8);2H2,1H3. The van der Waals surface area contributed by atoms with Gasteiger partial charge in [0.1, 0.15) is 0 Å². The van der Waals surface area contributed by atoms with Crippen molar-refractivity contribution in [3.63, 3.8) is 0 Å². The van der Waals surface area contributed by atoms with Gasteiger partial charge in [-0.05, 0) is 19.4 Å². The van der Waals surface area contributed by atoms with Crippen molar-refractivity contribution in [3.05, 3.63) is 0 Å². The molecule has 0 amide bonds. The largest absolute Gasteiger partial charge is 0.481 e. The molecular weight excluding hydrogens is 130 g/mol. The zero-order valence-corrected chi connectivity index (χ0v) is 6.92. The molecule has 0 aromatic rings. The quantitative estimate of drug-likeness (QED) is 0.628. The molecule has 3 N–H and O–H groups in total. The molecule has 0 aliphatic carbocycles. The normalized spacial score (nSPS) is 8.50. The fraction of sp³-hybridized carbons (Fsp3) is 0.857. The summed E-state index contributed by atoms with van der Waals surface area (Å²) in [5.41, 5.74) is 4.50. The average molecular weight is 147 g/mol. The fourth-order valence-corrected chi connectivity index (χ4v) is 0.412. The number of aliphatic carboxylic acids is 1. The zero-order chi connectivity index (χ0) is 8.57. The van der Waals surface area contributed by atoms with Gasteiger partial charge in [0.15, 0.2) is 0 Å². The first-order valence-corrected chi connectivity index (χ1v) is 3.42. The van der Waals surface area contributed by atoms with Crippen molar-refractivity contribution in [1.29, 1.82) is 0 Å². The topological polar surface area (TPSA) is 63.3 Å². The molecule has 0 atom stereocenters. The van der Waals surface area contributed by atoms with Crippen LogP contribution in [-0.4, -0.2) is 18.1 Å². The van der Waals surface area contributed by atoms with Crippen LogP contribution >= 0.6 is 0 Å². The third-order valence-corrected chi connectivity index (χ3v) is 0.936. The fourth-order valence-electron chi connectivity index (χ4n) is 0.412. The Bertz CT molecular complexity index is 81.7. The number of nitrogens with two attached hydrogens (primary N) is 1. The first-order chi connectivity index (χ1) is 4.63. The van der Waals surface area contributed by atoms with E-state index in [0.717, 1.165) is 6.42 Å². The van der Waals surface area contributed by atoms with Gasteiger partial charge in [-0.2, -0.15) is 0 Å². The van der Waals surface area contributed by atoms with Crippen molar-refractivity contribution in [1.82, 2.24) is 0 Å². The second-order valence-electron chi connectivity index (χ2n) is 2.33. The lowest BCUT2D eigenvalue weighted by Gasteiger charge is -1.97. The van der Waals surface area contributed by atoms with Gasteiger partial charge in [0.05, 0.1) is 0 Å². The Morgan fingerprint density at radius 2 is 1.90 bits per heavy atom. The molecule has 62 valence electrons. The summed E-state index contributed by atoms with van der Waals surface area (Å²) >= 11 is 0. The van der Waals surface area contributed by atoms with E-state index < -0.39 is 5.97 Å². The van der Waals surface area contributed by atoms with Gasteiger partial charge in [0.2, 0.25) is 0 Å². The highest BCUT2D eigenvalue weighted by molar-refractivity contribution is 5.66. The molecule has 0 aliphatic heterocycles. The van der Waals surface area contributed by atoms with E-state index in [-0.39, 0.29) is 0 Å². The highest BCUT2D eigenvalue weighted by Gasteiger charge is 1.97. The molecule has 0 rings (SSSR count). The molecule has 0 heterocycles. The molecule has 0 radical (unpaired) electrons. The van der Waals surface area contributed by atoms with Crippen molar-refractivity contribution in [2.45, 2.75) is 26.7 Å². The lowest BCUT2D eigenvalue weighted by atomic mass is 10.1. The zero-order valence-electron chi connectivity index (χ0n) is 6.92. The van der Waals surface area contributed by atoms with E-state index in [4.69, 9.17) is 5.11 Å². The van der Waals surface area contributed by atoms with Crippen LogP contribution in [0.3, 0.4) is 0 Å². The van der Waals surface area contributed by atoms with Crippen molar-refractivity contribution < 1.29 is 9.90 Å². The minimum absolute atomic E-state index is 0.303. The highest BCUT2D eigenvalue weighted by Crippen LogP contribution is 2.01. The van der Waals surface area contributed by atoms with Crippen LogP contribution < -0.4 is 5.73 Å². The second-order valence-corrected chi connectivity index (χ2v) is 2.33. The number of rotatable bonds is 3. The Labute approximate surface area is 62.2 Å². The van der Waals surface area contributed by atoms with Crippen LogP contribution in [0, 0.1) is 5.92 Å². The summed E-state index contributed by atoms with van der Waals surface area (Å²) in [5, 5.41) is 8.16. The SMILES string of the molecule is CC(C)CCC(=O)O.CN. The lowest BCUT2D eigenvalue weighted by molar-refractivity contribution is -0.137. The third-order valence-electron chi connectivity index (χ3n) is 0.936. The molecule has 0 aliphatic rings. The van der Waals surface area contributed by atoms with Gasteiger partial charge in [-0.3, -0.25) is 4.79 Å². The summed E-state index contributed by atoms with van der Waals surface area (Å²) in [7, 11) is 1.50. The molecule has 0 saturated heterocycles. The molecule has 0 aromatic carbocycles. The maximum atomic E-state index is 9.90. The minimum atomic E-state index is -0.696. The van der Waals surface area contributed by atoms with Crippen molar-refractivity contribution in [2.24, 2.45) is 11.7 Å². The molecular formula is C7H17NO2. The first-order valence-electron chi connectivity index (χ1n) is 3.42. The van der Waals surface area contributed by atoms with Crippen LogP contribution in [-0.2, 0) is 4.79 Å². The average Bonchev–Trinajstić information content (AvgIpc) is 1.89. The summed E-state index contributed by atoms with van der Waals surface area (Å²) in [6, 6.07) is 0. The number of carboxylic acids is 1. The Kier molecular flexibility index (Phi) is 10.2. The Hall–Kier alpha value is -0.570. The third kappa shape index (κ3) is 15.7. The number of carboxylic acid groups (broad SMARTS) is 1. The van der Waals surface area contributed by atoms with E-state index in [1.807, 2.05) is 13.8 Å². The van der Waals surface area contributed by atoms with Crippen molar-refractivity contribution in [3.8, 4) is 0 Å². The van der Waals surface area contributed by atoms with Gasteiger partial charge in [-0.1, -0.05) is 13.8 Å². The van der Waals surface area contributed by atoms with Crippen LogP contribution in [0.1, 0.15) is 26.7 Å². The van der Waals surface area contributed by atoms with Crippen molar-refractivity contribution in [2.75, 3.05) is 7.05 Å². The van der Waals surface area contributed by atoms with Gasteiger partial charge in [0, 0.05) is 6.42 Å². The van der Waals surface area contributed by atoms with Gasteiger partial charge in [-0.15, -0.1) is 0 Å². The summed E-state index contributed by atoms with van der Waals surface area (Å²) in [5.74, 6) is -0.190. The number of hydrogen-bond donors (Lipinski definition) is 2. The van der Waals surface area contributed by atoms with Crippen LogP contribution in [0.15, 0.2) is 0 Å². The lowest BCUT2D eigenvalue weighted by Crippen LogP contribution is -1.97. The Morgan fingerprint density at radius 1 is 1.50 bits per heavy atom. The van der Waals surface area contributed by atoms with E-state index in [1.54, 1.807) is 0 Å². The predicted octanol–water partition coefficient (Wildman–Crippen LogP) is 1.08. The van der Waals surface area contributed by atoms with Crippen molar-refractivity contribution >= 4 is 5.97 Å². The monoisotopic (exact) mass is 147 g/mol. The number of hydrogen-bond acceptors (Lipinski definition) is 2. The molecule has 3 heteroatoms. The van der Waals surface area contributed by atoms with Crippen LogP contribution in [0.5, 0.6) is 0 Å². The summed E-state index contributed by atoms with van der Waals surface area (Å²) in [6.45, 7) is 4.03. The second kappa shape index (κ2) is 8.43. The van der Waals surface area contributed by atoms with Crippen LogP contribution in [0.4, 0.5) is 0 Å². The van der Waals surface area contributed by atoms with Crippen LogP contribution in [0.25, 0.3) is 0 Å². The van der Waals surface area contributed by atoms with E-state index in [9.17, 15) is 4.79 Å². The smallest absolute Gasteiger partial charge is 0.303 e. The van der Waals surface area contributed by atoms with Gasteiger partial charge < -0.3 is 10.8 Å². The summed E-state index contributed by atoms with van der Waals surface area (Å²) in [6.07, 6.45) is 1.09. The Balaban J connectivity index is 0. The molecule has 0 aromatic heterocycles. The van der Waals surface area contributed by atoms with Gasteiger partial charge in [0.25, 0.3) is 0 Å². The highest BCUT2D eigenvalue weighted by atomic mass is 16.4. The summed E-state index contributed by atoms with van der Waals surface area (Å²) in [4.78, 5) is 9.90. The van der Waals surface area contributed by atoms with Gasteiger partial charge >= 0.3 is 5.97 Å². The Morgan fingerprint density at radius 3 is 2.00 bits per heavy atom. The molecule has 10 heavy (non-hydrogen) atoms. The minimum Gasteiger partial charge on any atom is -0.481 e. The maximum Gasteiger partial charge on any atom is 0.303 e.